The van der Waals surface area contributed by atoms with Crippen molar-refractivity contribution in [2.45, 2.75) is 32.9 Å². The maximum atomic E-state index is 9.55. The highest BCUT2D eigenvalue weighted by atomic mass is 32.1. The zero-order valence-corrected chi connectivity index (χ0v) is 18.3. The molecule has 1 unspecified atom stereocenters. The molecule has 5 N–H and O–H groups in total. The number of rotatable bonds is 8. The molecule has 0 saturated carbocycles. The van der Waals surface area contributed by atoms with Gasteiger partial charge in [0.25, 0.3) is 0 Å². The molecule has 31 heavy (non-hydrogen) atoms. The predicted molar refractivity (Wildman–Crippen MR) is 120 cm³/mol. The van der Waals surface area contributed by atoms with Gasteiger partial charge in [-0.1, -0.05) is 36.5 Å². The van der Waals surface area contributed by atoms with E-state index in [-0.39, 0.29) is 5.92 Å². The zero-order chi connectivity index (χ0) is 23.2. The fourth-order valence-electron chi connectivity index (χ4n) is 2.14. The van der Waals surface area contributed by atoms with E-state index in [1.807, 2.05) is 44.2 Å². The van der Waals surface area contributed by atoms with E-state index in [1.165, 1.54) is 10.4 Å². The molecule has 7 nitrogen and oxygen atoms in total. The van der Waals surface area contributed by atoms with Crippen molar-refractivity contribution < 1.29 is 29.6 Å². The van der Waals surface area contributed by atoms with Gasteiger partial charge >= 0.3 is 11.9 Å². The van der Waals surface area contributed by atoms with Gasteiger partial charge in [-0.05, 0) is 49.9 Å². The van der Waals surface area contributed by atoms with Crippen LogP contribution in [0.3, 0.4) is 0 Å². The van der Waals surface area contributed by atoms with Gasteiger partial charge in [0, 0.05) is 17.0 Å². The summed E-state index contributed by atoms with van der Waals surface area (Å²) in [6.45, 7) is 4.39. The molecule has 0 aliphatic rings. The number of aryl methyl sites for hydroxylation is 2. The standard InChI is InChI=1S/C19H23NO2S.C4H4O4/c1-14-5-8-16(9-6-14)22-13-3-4-17-11-12-18(23-17)10-7-15(2)19(20)21;5-3(6)1-2-4(7)8/h5-6,8-9,11-12,15,19,21H,7,10,13,20H2,1-2H3;1-2H,(H,5,6)(H,7,8)/b;2-1-/t15-,19?;/m1./s1. The van der Waals surface area contributed by atoms with E-state index in [9.17, 15) is 14.7 Å². The Bertz CT molecular complexity index is 906. The number of benzene rings is 1. The van der Waals surface area contributed by atoms with Crippen LogP contribution in [0.15, 0.2) is 48.6 Å². The quantitative estimate of drug-likeness (QED) is 0.279. The summed E-state index contributed by atoms with van der Waals surface area (Å²) in [6.07, 6.45) is 2.17. The first kappa shape index (κ1) is 25.9. The normalized spacial score (nSPS) is 12.1. The topological polar surface area (TPSA) is 130 Å². The van der Waals surface area contributed by atoms with Crippen molar-refractivity contribution in [2.24, 2.45) is 11.7 Å². The predicted octanol–water partition coefficient (Wildman–Crippen LogP) is 3.04. The highest BCUT2D eigenvalue weighted by molar-refractivity contribution is 7.12. The Morgan fingerprint density at radius 3 is 2.29 bits per heavy atom. The molecule has 0 bridgehead atoms. The molecule has 166 valence electrons. The first-order valence-electron chi connectivity index (χ1n) is 9.52. The summed E-state index contributed by atoms with van der Waals surface area (Å²) in [5.74, 6) is 4.60. The number of aliphatic hydroxyl groups is 1. The average molecular weight is 446 g/mol. The Labute approximate surface area is 185 Å². The minimum atomic E-state index is -1.26. The third kappa shape index (κ3) is 12.2. The second-order valence-corrected chi connectivity index (χ2v) is 7.85. The molecule has 1 aromatic heterocycles. The summed E-state index contributed by atoms with van der Waals surface area (Å²) in [7, 11) is 0. The second-order valence-electron chi connectivity index (χ2n) is 6.69. The zero-order valence-electron chi connectivity index (χ0n) is 17.4. The number of carboxylic acids is 2. The third-order valence-electron chi connectivity index (χ3n) is 4.00. The third-order valence-corrected chi connectivity index (χ3v) is 5.06. The van der Waals surface area contributed by atoms with Gasteiger partial charge in [0.1, 0.15) is 18.6 Å². The largest absolute Gasteiger partial charge is 0.481 e. The molecule has 2 aromatic rings. The van der Waals surface area contributed by atoms with Gasteiger partial charge < -0.3 is 25.8 Å². The molecule has 0 fully saturated rings. The lowest BCUT2D eigenvalue weighted by Crippen LogP contribution is -2.27. The van der Waals surface area contributed by atoms with Gasteiger partial charge in [0.2, 0.25) is 0 Å². The molecule has 0 radical (unpaired) electrons. The van der Waals surface area contributed by atoms with E-state index < -0.39 is 18.2 Å². The van der Waals surface area contributed by atoms with E-state index in [1.54, 1.807) is 11.3 Å². The number of hydrogen-bond donors (Lipinski definition) is 4. The fourth-order valence-corrected chi connectivity index (χ4v) is 3.04. The van der Waals surface area contributed by atoms with Crippen LogP contribution in [0.1, 0.15) is 28.7 Å². The summed E-state index contributed by atoms with van der Waals surface area (Å²) in [5.41, 5.74) is 6.68. The van der Waals surface area contributed by atoms with Crippen LogP contribution < -0.4 is 10.5 Å². The van der Waals surface area contributed by atoms with Crippen LogP contribution in [0.2, 0.25) is 0 Å². The minimum Gasteiger partial charge on any atom is -0.481 e. The smallest absolute Gasteiger partial charge is 0.328 e. The van der Waals surface area contributed by atoms with Crippen molar-refractivity contribution in [1.29, 1.82) is 0 Å². The Kier molecular flexibility index (Phi) is 11.7. The number of carboxylic acid groups (broad SMARTS) is 2. The lowest BCUT2D eigenvalue weighted by atomic mass is 10.0. The molecule has 0 aliphatic heterocycles. The fraction of sp³-hybridized carbons (Fsp3) is 0.304. The van der Waals surface area contributed by atoms with Crippen molar-refractivity contribution in [1.82, 2.24) is 0 Å². The van der Waals surface area contributed by atoms with Gasteiger partial charge in [-0.2, -0.15) is 0 Å². The Morgan fingerprint density at radius 1 is 1.13 bits per heavy atom. The Balaban J connectivity index is 0.000000512. The molecule has 1 heterocycles. The van der Waals surface area contributed by atoms with E-state index >= 15 is 0 Å². The first-order valence-corrected chi connectivity index (χ1v) is 10.3. The van der Waals surface area contributed by atoms with E-state index in [0.717, 1.165) is 23.5 Å². The van der Waals surface area contributed by atoms with Gasteiger partial charge in [-0.3, -0.25) is 0 Å². The number of thiophene rings is 1. The molecular formula is C23H27NO6S. The van der Waals surface area contributed by atoms with Crippen LogP contribution in [-0.4, -0.2) is 40.1 Å². The lowest BCUT2D eigenvalue weighted by molar-refractivity contribution is -0.134. The molecule has 0 amide bonds. The van der Waals surface area contributed by atoms with Gasteiger partial charge in [-0.25, -0.2) is 9.59 Å². The molecule has 1 aromatic carbocycles. The molecule has 2 atom stereocenters. The molecule has 0 aliphatic carbocycles. The van der Waals surface area contributed by atoms with Gasteiger partial charge in [-0.15, -0.1) is 11.3 Å². The second kappa shape index (κ2) is 14.0. The average Bonchev–Trinajstić information content (AvgIpc) is 3.17. The van der Waals surface area contributed by atoms with Crippen LogP contribution in [-0.2, 0) is 16.0 Å². The number of aliphatic hydroxyl groups excluding tert-OH is 1. The van der Waals surface area contributed by atoms with Crippen molar-refractivity contribution in [2.75, 3.05) is 6.61 Å². The van der Waals surface area contributed by atoms with Crippen molar-refractivity contribution in [3.05, 3.63) is 63.9 Å². The van der Waals surface area contributed by atoms with Crippen LogP contribution in [0, 0.1) is 24.7 Å². The molecule has 0 spiro atoms. The number of aliphatic carboxylic acids is 2. The maximum absolute atomic E-state index is 9.55. The number of hydrogen-bond acceptors (Lipinski definition) is 6. The summed E-state index contributed by atoms with van der Waals surface area (Å²) < 4.78 is 5.58. The summed E-state index contributed by atoms with van der Waals surface area (Å²) in [4.78, 5) is 21.4. The summed E-state index contributed by atoms with van der Waals surface area (Å²) in [5, 5.41) is 24.9. The van der Waals surface area contributed by atoms with Crippen LogP contribution >= 0.6 is 11.3 Å². The van der Waals surface area contributed by atoms with E-state index in [2.05, 4.69) is 17.9 Å². The molecule has 2 rings (SSSR count). The van der Waals surface area contributed by atoms with Crippen LogP contribution in [0.25, 0.3) is 0 Å². The number of ether oxygens (including phenoxy) is 1. The maximum Gasteiger partial charge on any atom is 0.328 e. The monoisotopic (exact) mass is 445 g/mol. The highest BCUT2D eigenvalue weighted by Crippen LogP contribution is 2.19. The van der Waals surface area contributed by atoms with Crippen molar-refractivity contribution >= 4 is 23.3 Å². The Morgan fingerprint density at radius 2 is 1.74 bits per heavy atom. The van der Waals surface area contributed by atoms with E-state index in [0.29, 0.717) is 18.8 Å². The minimum absolute atomic E-state index is 0.106. The van der Waals surface area contributed by atoms with Crippen molar-refractivity contribution in [3.63, 3.8) is 0 Å². The van der Waals surface area contributed by atoms with Crippen molar-refractivity contribution in [3.8, 4) is 17.6 Å². The molecule has 0 saturated heterocycles. The molecular weight excluding hydrogens is 418 g/mol. The first-order chi connectivity index (χ1) is 14.7. The van der Waals surface area contributed by atoms with E-state index in [4.69, 9.17) is 20.7 Å². The lowest BCUT2D eigenvalue weighted by Gasteiger charge is -2.12. The summed E-state index contributed by atoms with van der Waals surface area (Å²) >= 11 is 1.68. The van der Waals surface area contributed by atoms with Gasteiger partial charge in [0.15, 0.2) is 0 Å². The molecule has 8 heteroatoms. The van der Waals surface area contributed by atoms with Gasteiger partial charge in [0.05, 0.1) is 4.88 Å². The van der Waals surface area contributed by atoms with Crippen LogP contribution in [0.4, 0.5) is 0 Å². The number of carbonyl (C=O) groups is 2. The Hall–Kier alpha value is -3.12. The summed E-state index contributed by atoms with van der Waals surface area (Å²) in [6, 6.07) is 12.1. The number of nitrogens with two attached hydrogens (primary N) is 1. The highest BCUT2D eigenvalue weighted by Gasteiger charge is 2.09. The van der Waals surface area contributed by atoms with Crippen LogP contribution in [0.5, 0.6) is 5.75 Å². The SMILES string of the molecule is Cc1ccc(OCC#Cc2ccc(CC[C@@H](C)C(N)O)s2)cc1.O=C(O)/C=C\C(=O)O.